The molecule has 1 atom stereocenters. The molecule has 7 heteroatoms. The van der Waals surface area contributed by atoms with Crippen LogP contribution in [0.2, 0.25) is 0 Å². The van der Waals surface area contributed by atoms with E-state index in [2.05, 4.69) is 15.3 Å². The fraction of sp³-hybridized carbons (Fsp3) is 0.385. The predicted molar refractivity (Wildman–Crippen MR) is 79.3 cm³/mol. The molecule has 20 heavy (non-hydrogen) atoms. The van der Waals surface area contributed by atoms with Gasteiger partial charge in [-0.2, -0.15) is 0 Å². The number of aryl methyl sites for hydroxylation is 3. The van der Waals surface area contributed by atoms with Gasteiger partial charge in [0.2, 0.25) is 0 Å². The minimum absolute atomic E-state index is 0.0352. The van der Waals surface area contributed by atoms with Crippen molar-refractivity contribution in [2.45, 2.75) is 33.7 Å². The summed E-state index contributed by atoms with van der Waals surface area (Å²) in [6.07, 6.45) is 1.29. The maximum absolute atomic E-state index is 10.8. The average molecular weight is 292 g/mol. The summed E-state index contributed by atoms with van der Waals surface area (Å²) in [5, 5.41) is 15.0. The molecule has 0 saturated carbocycles. The Bertz CT molecular complexity index is 654. The predicted octanol–water partition coefficient (Wildman–Crippen LogP) is 3.54. The quantitative estimate of drug-likeness (QED) is 0.688. The number of hydrogen-bond acceptors (Lipinski definition) is 6. The monoisotopic (exact) mass is 292 g/mol. The Balaban J connectivity index is 2.20. The lowest BCUT2D eigenvalue weighted by Gasteiger charge is -2.13. The Morgan fingerprint density at radius 2 is 2.10 bits per heavy atom. The fourth-order valence-corrected chi connectivity index (χ4v) is 2.98. The van der Waals surface area contributed by atoms with E-state index in [-0.39, 0.29) is 11.7 Å². The smallest absolute Gasteiger partial charge is 0.290 e. The highest BCUT2D eigenvalue weighted by molar-refractivity contribution is 7.11. The third-order valence-corrected chi connectivity index (χ3v) is 4.23. The number of nitrogens with one attached hydrogen (secondary N) is 1. The Morgan fingerprint density at radius 3 is 2.60 bits per heavy atom. The number of hydrogen-bond donors (Lipinski definition) is 1. The molecule has 2 rings (SSSR count). The molecule has 6 nitrogen and oxygen atoms in total. The van der Waals surface area contributed by atoms with Crippen molar-refractivity contribution < 1.29 is 4.92 Å². The molecule has 0 radical (unpaired) electrons. The van der Waals surface area contributed by atoms with Crippen molar-refractivity contribution in [2.24, 2.45) is 0 Å². The lowest BCUT2D eigenvalue weighted by molar-refractivity contribution is -0.385. The number of anilines is 1. The summed E-state index contributed by atoms with van der Waals surface area (Å²) in [6.45, 7) is 7.68. The number of pyridine rings is 1. The maximum Gasteiger partial charge on any atom is 0.290 e. The van der Waals surface area contributed by atoms with Gasteiger partial charge in [0.1, 0.15) is 12.0 Å². The highest BCUT2D eigenvalue weighted by Crippen LogP contribution is 2.28. The van der Waals surface area contributed by atoms with Crippen LogP contribution in [-0.2, 0) is 0 Å². The summed E-state index contributed by atoms with van der Waals surface area (Å²) >= 11 is 1.64. The van der Waals surface area contributed by atoms with Crippen molar-refractivity contribution in [3.63, 3.8) is 0 Å². The van der Waals surface area contributed by atoms with Gasteiger partial charge in [-0.25, -0.2) is 9.97 Å². The molecule has 0 spiro atoms. The second-order valence-electron chi connectivity index (χ2n) is 4.66. The van der Waals surface area contributed by atoms with Crippen LogP contribution in [0.3, 0.4) is 0 Å². The van der Waals surface area contributed by atoms with Crippen LogP contribution in [0.15, 0.2) is 12.3 Å². The van der Waals surface area contributed by atoms with Gasteiger partial charge in [0.15, 0.2) is 0 Å². The van der Waals surface area contributed by atoms with Crippen LogP contribution in [0.1, 0.15) is 34.1 Å². The molecular formula is C13H16N4O2S. The summed E-state index contributed by atoms with van der Waals surface area (Å²) < 4.78 is 0. The van der Waals surface area contributed by atoms with Crippen LogP contribution in [0.25, 0.3) is 0 Å². The topological polar surface area (TPSA) is 81.0 Å². The third kappa shape index (κ3) is 2.93. The van der Waals surface area contributed by atoms with Crippen LogP contribution >= 0.6 is 11.3 Å². The molecule has 0 amide bonds. The van der Waals surface area contributed by atoms with Gasteiger partial charge < -0.3 is 5.32 Å². The lowest BCUT2D eigenvalue weighted by atomic mass is 10.2. The third-order valence-electron chi connectivity index (χ3n) is 2.98. The normalized spacial score (nSPS) is 12.2. The van der Waals surface area contributed by atoms with Gasteiger partial charge >= 0.3 is 0 Å². The van der Waals surface area contributed by atoms with E-state index in [9.17, 15) is 10.1 Å². The van der Waals surface area contributed by atoms with Crippen molar-refractivity contribution in [3.8, 4) is 0 Å². The first-order valence-corrected chi connectivity index (χ1v) is 7.01. The highest BCUT2D eigenvalue weighted by atomic mass is 32.1. The molecule has 106 valence electrons. The van der Waals surface area contributed by atoms with Gasteiger partial charge in [0, 0.05) is 10.4 Å². The van der Waals surface area contributed by atoms with Gasteiger partial charge in [0.25, 0.3) is 5.69 Å². The first kappa shape index (κ1) is 14.4. The molecule has 1 N–H and O–H groups in total. The molecule has 2 aromatic heterocycles. The standard InChI is InChI=1S/C13H16N4O2S/c1-7-5-12(14-6-11(7)17(18)19)16-9(3)13-8(2)15-10(4)20-13/h5-6,9H,1-4H3,(H,14,16). The van der Waals surface area contributed by atoms with Crippen LogP contribution in [0.4, 0.5) is 11.5 Å². The first-order valence-electron chi connectivity index (χ1n) is 6.20. The fourth-order valence-electron chi connectivity index (χ4n) is 2.06. The SMILES string of the molecule is Cc1nc(C)c(C(C)Nc2cc(C)c([N+](=O)[O-])cn2)s1. The number of thiazole rings is 1. The zero-order valence-corrected chi connectivity index (χ0v) is 12.6. The molecule has 0 bridgehead atoms. The van der Waals surface area contributed by atoms with E-state index in [1.807, 2.05) is 20.8 Å². The average Bonchev–Trinajstić information content (AvgIpc) is 2.68. The minimum atomic E-state index is -0.424. The minimum Gasteiger partial charge on any atom is -0.363 e. The van der Waals surface area contributed by atoms with Crippen LogP contribution in [0.5, 0.6) is 0 Å². The van der Waals surface area contributed by atoms with Gasteiger partial charge in [-0.05, 0) is 33.8 Å². The van der Waals surface area contributed by atoms with E-state index in [0.717, 1.165) is 15.6 Å². The number of rotatable bonds is 4. The van der Waals surface area contributed by atoms with E-state index in [1.165, 1.54) is 6.20 Å². The second-order valence-corrected chi connectivity index (χ2v) is 5.90. The summed E-state index contributed by atoms with van der Waals surface area (Å²) in [4.78, 5) is 20.0. The largest absolute Gasteiger partial charge is 0.363 e. The van der Waals surface area contributed by atoms with E-state index in [1.54, 1.807) is 24.3 Å². The van der Waals surface area contributed by atoms with Gasteiger partial charge in [-0.15, -0.1) is 11.3 Å². The Kier molecular flexibility index (Phi) is 3.99. The molecule has 2 heterocycles. The van der Waals surface area contributed by atoms with Gasteiger partial charge in [0.05, 0.1) is 21.7 Å². The lowest BCUT2D eigenvalue weighted by Crippen LogP contribution is -2.08. The Morgan fingerprint density at radius 1 is 1.40 bits per heavy atom. The van der Waals surface area contributed by atoms with Crippen molar-refractivity contribution in [3.05, 3.63) is 43.5 Å². The summed E-state index contributed by atoms with van der Waals surface area (Å²) in [5.74, 6) is 0.631. The number of nitro groups is 1. The molecule has 0 aromatic carbocycles. The van der Waals surface area contributed by atoms with Crippen LogP contribution in [-0.4, -0.2) is 14.9 Å². The van der Waals surface area contributed by atoms with Crippen LogP contribution in [0, 0.1) is 30.9 Å². The zero-order valence-electron chi connectivity index (χ0n) is 11.8. The first-order chi connectivity index (χ1) is 9.38. The van der Waals surface area contributed by atoms with Crippen molar-refractivity contribution in [1.29, 1.82) is 0 Å². The zero-order chi connectivity index (χ0) is 14.9. The molecule has 0 saturated heterocycles. The summed E-state index contributed by atoms with van der Waals surface area (Å²) in [6, 6.07) is 1.76. The molecular weight excluding hydrogens is 276 g/mol. The van der Waals surface area contributed by atoms with E-state index < -0.39 is 4.92 Å². The molecule has 0 fully saturated rings. The maximum atomic E-state index is 10.8. The summed E-state index contributed by atoms with van der Waals surface area (Å²) in [5.41, 5.74) is 1.64. The Labute approximate surface area is 121 Å². The molecule has 0 aliphatic rings. The highest BCUT2D eigenvalue weighted by Gasteiger charge is 2.15. The molecule has 0 aliphatic heterocycles. The van der Waals surface area contributed by atoms with E-state index in [0.29, 0.717) is 11.4 Å². The number of aromatic nitrogens is 2. The van der Waals surface area contributed by atoms with Crippen molar-refractivity contribution in [1.82, 2.24) is 9.97 Å². The van der Waals surface area contributed by atoms with Gasteiger partial charge in [-0.1, -0.05) is 0 Å². The van der Waals surface area contributed by atoms with Gasteiger partial charge in [-0.3, -0.25) is 10.1 Å². The number of nitrogens with zero attached hydrogens (tertiary/aromatic N) is 3. The van der Waals surface area contributed by atoms with Crippen LogP contribution < -0.4 is 5.32 Å². The van der Waals surface area contributed by atoms with Crippen molar-refractivity contribution >= 4 is 22.8 Å². The van der Waals surface area contributed by atoms with Crippen molar-refractivity contribution in [2.75, 3.05) is 5.32 Å². The second kappa shape index (κ2) is 5.54. The Hall–Kier alpha value is -2.02. The van der Waals surface area contributed by atoms with E-state index >= 15 is 0 Å². The molecule has 2 aromatic rings. The molecule has 0 aliphatic carbocycles. The molecule has 1 unspecified atom stereocenters. The van der Waals surface area contributed by atoms with E-state index in [4.69, 9.17) is 0 Å². The summed E-state index contributed by atoms with van der Waals surface area (Å²) in [7, 11) is 0.